The summed E-state index contributed by atoms with van der Waals surface area (Å²) in [6.45, 7) is 5.79. The molecule has 1 amide bonds. The molecule has 0 bridgehead atoms. The summed E-state index contributed by atoms with van der Waals surface area (Å²) in [5.41, 5.74) is 6.02. The highest BCUT2D eigenvalue weighted by Crippen LogP contribution is 2.30. The summed E-state index contributed by atoms with van der Waals surface area (Å²) in [5.74, 6) is 0.826. The molecule has 1 aromatic carbocycles. The molecule has 4 N–H and O–H groups in total. The normalized spacial score (nSPS) is 20.6. The quantitative estimate of drug-likeness (QED) is 0.427. The molecule has 3 heterocycles. The maximum absolute atomic E-state index is 14.1. The molecule has 1 aliphatic heterocycles. The lowest BCUT2D eigenvalue weighted by Gasteiger charge is -2.32. The summed E-state index contributed by atoms with van der Waals surface area (Å²) >= 11 is 0. The molecule has 204 valence electrons. The number of morpholine rings is 1. The molecule has 2 aliphatic rings. The van der Waals surface area contributed by atoms with Crippen LogP contribution in [0.1, 0.15) is 51.8 Å². The van der Waals surface area contributed by atoms with Gasteiger partial charge in [0.2, 0.25) is 11.9 Å². The number of imidazole rings is 1. The zero-order valence-corrected chi connectivity index (χ0v) is 21.7. The SMILES string of the molecule is CC(C)(N)C(=O)N[C@H]1CC[C@H](Nc2nc(N3CCOCC3)cc(-n3c(C(F)F)nc4ccccc43)n2)CC1. The molecule has 10 nitrogen and oxygen atoms in total. The molecule has 3 aromatic rings. The molecular formula is C26H34F2N8O2. The summed E-state index contributed by atoms with van der Waals surface area (Å²) in [6, 6.07) is 8.91. The summed E-state index contributed by atoms with van der Waals surface area (Å²) in [6.07, 6.45) is 0.401. The van der Waals surface area contributed by atoms with Gasteiger partial charge in [-0.1, -0.05) is 12.1 Å². The number of hydrogen-bond donors (Lipinski definition) is 3. The van der Waals surface area contributed by atoms with Crippen molar-refractivity contribution in [2.45, 2.75) is 63.6 Å². The number of hydrogen-bond acceptors (Lipinski definition) is 8. The van der Waals surface area contributed by atoms with E-state index in [1.54, 1.807) is 44.2 Å². The fraction of sp³-hybridized carbons (Fsp3) is 0.538. The zero-order valence-electron chi connectivity index (χ0n) is 21.7. The summed E-state index contributed by atoms with van der Waals surface area (Å²) in [7, 11) is 0. The third-order valence-corrected chi connectivity index (χ3v) is 7.03. The highest BCUT2D eigenvalue weighted by molar-refractivity contribution is 5.85. The first kappa shape index (κ1) is 26.2. The third-order valence-electron chi connectivity index (χ3n) is 7.03. The lowest BCUT2D eigenvalue weighted by atomic mass is 9.90. The number of ether oxygens (including phenoxy) is 1. The number of benzene rings is 1. The molecular weight excluding hydrogens is 494 g/mol. The number of carbonyl (C=O) groups excluding carboxylic acids is 1. The van der Waals surface area contributed by atoms with Gasteiger partial charge in [-0.3, -0.25) is 9.36 Å². The van der Waals surface area contributed by atoms with Gasteiger partial charge in [-0.05, 0) is 51.7 Å². The summed E-state index contributed by atoms with van der Waals surface area (Å²) in [4.78, 5) is 28.0. The molecule has 1 saturated carbocycles. The van der Waals surface area contributed by atoms with Gasteiger partial charge in [-0.25, -0.2) is 13.8 Å². The largest absolute Gasteiger partial charge is 0.378 e. The van der Waals surface area contributed by atoms with Gasteiger partial charge in [-0.2, -0.15) is 9.97 Å². The van der Waals surface area contributed by atoms with Crippen LogP contribution in [0, 0.1) is 0 Å². The molecule has 12 heteroatoms. The summed E-state index contributed by atoms with van der Waals surface area (Å²) in [5, 5.41) is 6.46. The van der Waals surface area contributed by atoms with Gasteiger partial charge >= 0.3 is 0 Å². The van der Waals surface area contributed by atoms with E-state index in [-0.39, 0.29) is 23.8 Å². The van der Waals surface area contributed by atoms with Crippen LogP contribution in [-0.2, 0) is 9.53 Å². The van der Waals surface area contributed by atoms with Gasteiger partial charge in [0, 0.05) is 31.2 Å². The van der Waals surface area contributed by atoms with Crippen molar-refractivity contribution in [3.05, 3.63) is 36.2 Å². The Kier molecular flexibility index (Phi) is 7.44. The van der Waals surface area contributed by atoms with E-state index in [4.69, 9.17) is 15.5 Å². The predicted molar refractivity (Wildman–Crippen MR) is 141 cm³/mol. The molecule has 0 unspecified atom stereocenters. The van der Waals surface area contributed by atoms with E-state index in [0.29, 0.717) is 54.9 Å². The number of rotatable bonds is 7. The first-order chi connectivity index (χ1) is 18.2. The lowest BCUT2D eigenvalue weighted by Crippen LogP contribution is -2.53. The van der Waals surface area contributed by atoms with Crippen molar-refractivity contribution in [3.63, 3.8) is 0 Å². The molecule has 2 fully saturated rings. The summed E-state index contributed by atoms with van der Waals surface area (Å²) < 4.78 is 35.1. The third kappa shape index (κ3) is 5.70. The highest BCUT2D eigenvalue weighted by atomic mass is 19.3. The van der Waals surface area contributed by atoms with Crippen LogP contribution < -0.4 is 21.3 Å². The molecule has 0 radical (unpaired) electrons. The molecule has 1 aliphatic carbocycles. The Labute approximate surface area is 220 Å². The number of nitrogens with zero attached hydrogens (tertiary/aromatic N) is 5. The zero-order chi connectivity index (χ0) is 26.9. The Bertz CT molecular complexity index is 1280. The van der Waals surface area contributed by atoms with Gasteiger partial charge < -0.3 is 26.0 Å². The molecule has 5 rings (SSSR count). The number of nitrogens with two attached hydrogens (primary N) is 1. The number of nitrogens with one attached hydrogen (secondary N) is 2. The van der Waals surface area contributed by atoms with E-state index in [1.807, 2.05) is 0 Å². The minimum Gasteiger partial charge on any atom is -0.378 e. The van der Waals surface area contributed by atoms with E-state index in [2.05, 4.69) is 25.5 Å². The standard InChI is InChI=1S/C26H34F2N8O2/c1-26(2,29)24(37)30-16-7-9-17(10-8-16)31-25-33-20(35-11-13-38-14-12-35)15-21(34-25)36-19-6-4-3-5-18(19)32-23(36)22(27)28/h3-6,15-17,22H,7-14,29H2,1-2H3,(H,30,37)(H,31,33,34)/t16-,17-. The second-order valence-corrected chi connectivity index (χ2v) is 10.5. The first-order valence-corrected chi connectivity index (χ1v) is 13.0. The molecule has 2 aromatic heterocycles. The Morgan fingerprint density at radius 2 is 1.71 bits per heavy atom. The van der Waals surface area contributed by atoms with Crippen LogP contribution in [0.15, 0.2) is 30.3 Å². The van der Waals surface area contributed by atoms with Crippen molar-refractivity contribution in [1.29, 1.82) is 0 Å². The minimum absolute atomic E-state index is 0.0606. The maximum Gasteiger partial charge on any atom is 0.296 e. The van der Waals surface area contributed by atoms with Crippen LogP contribution in [-0.4, -0.2) is 69.4 Å². The van der Waals surface area contributed by atoms with E-state index in [1.165, 1.54) is 4.57 Å². The Hall–Kier alpha value is -3.38. The van der Waals surface area contributed by atoms with Crippen LogP contribution >= 0.6 is 0 Å². The van der Waals surface area contributed by atoms with E-state index in [0.717, 1.165) is 25.7 Å². The Morgan fingerprint density at radius 1 is 1.05 bits per heavy atom. The van der Waals surface area contributed by atoms with Crippen LogP contribution in [0.5, 0.6) is 0 Å². The fourth-order valence-electron chi connectivity index (χ4n) is 4.92. The maximum atomic E-state index is 14.1. The van der Waals surface area contributed by atoms with Gasteiger partial charge in [0.1, 0.15) is 11.6 Å². The van der Waals surface area contributed by atoms with Crippen molar-refractivity contribution in [2.24, 2.45) is 5.73 Å². The van der Waals surface area contributed by atoms with E-state index in [9.17, 15) is 13.6 Å². The van der Waals surface area contributed by atoms with Crippen LogP contribution in [0.2, 0.25) is 0 Å². The minimum atomic E-state index is -2.77. The number of aromatic nitrogens is 4. The average Bonchev–Trinajstić information content (AvgIpc) is 3.30. The number of carbonyl (C=O) groups is 1. The second kappa shape index (κ2) is 10.8. The molecule has 0 atom stereocenters. The topological polar surface area (TPSA) is 123 Å². The van der Waals surface area contributed by atoms with Crippen molar-refractivity contribution in [1.82, 2.24) is 24.8 Å². The van der Waals surface area contributed by atoms with Gasteiger partial charge in [-0.15, -0.1) is 0 Å². The molecule has 1 saturated heterocycles. The number of alkyl halides is 2. The van der Waals surface area contributed by atoms with Crippen LogP contribution in [0.4, 0.5) is 20.5 Å². The fourth-order valence-corrected chi connectivity index (χ4v) is 4.92. The van der Waals surface area contributed by atoms with Gasteiger partial charge in [0.05, 0.1) is 29.8 Å². The lowest BCUT2D eigenvalue weighted by molar-refractivity contribution is -0.126. The number of amides is 1. The average molecular weight is 529 g/mol. The van der Waals surface area contributed by atoms with Gasteiger partial charge in [0.25, 0.3) is 6.43 Å². The van der Waals surface area contributed by atoms with Crippen molar-refractivity contribution >= 4 is 28.7 Å². The van der Waals surface area contributed by atoms with Crippen LogP contribution in [0.3, 0.4) is 0 Å². The number of anilines is 2. The Morgan fingerprint density at radius 3 is 2.39 bits per heavy atom. The monoisotopic (exact) mass is 528 g/mol. The smallest absolute Gasteiger partial charge is 0.296 e. The van der Waals surface area contributed by atoms with E-state index < -0.39 is 12.0 Å². The Balaban J connectivity index is 1.42. The second-order valence-electron chi connectivity index (χ2n) is 10.5. The van der Waals surface area contributed by atoms with Gasteiger partial charge in [0.15, 0.2) is 5.82 Å². The van der Waals surface area contributed by atoms with Crippen molar-refractivity contribution in [2.75, 3.05) is 36.5 Å². The molecule has 0 spiro atoms. The number of para-hydroxylation sites is 2. The van der Waals surface area contributed by atoms with Crippen LogP contribution in [0.25, 0.3) is 16.9 Å². The predicted octanol–water partition coefficient (Wildman–Crippen LogP) is 3.17. The number of fused-ring (bicyclic) bond motifs is 1. The number of halogens is 2. The molecule has 38 heavy (non-hydrogen) atoms. The van der Waals surface area contributed by atoms with Crippen molar-refractivity contribution in [3.8, 4) is 5.82 Å². The highest BCUT2D eigenvalue weighted by Gasteiger charge is 2.29. The van der Waals surface area contributed by atoms with E-state index >= 15 is 0 Å². The van der Waals surface area contributed by atoms with Crippen molar-refractivity contribution < 1.29 is 18.3 Å². The first-order valence-electron chi connectivity index (χ1n) is 13.0.